The zero-order chi connectivity index (χ0) is 24.3. The average Bonchev–Trinajstić information content (AvgIpc) is 3.63. The van der Waals surface area contributed by atoms with Gasteiger partial charge >= 0.3 is 0 Å². The molecule has 1 amide bonds. The number of piperidine rings is 1. The summed E-state index contributed by atoms with van der Waals surface area (Å²) in [5, 5.41) is 2.96. The van der Waals surface area contributed by atoms with Crippen LogP contribution in [0.4, 0.5) is 31.8 Å². The summed E-state index contributed by atoms with van der Waals surface area (Å²) in [6, 6.07) is 11.0. The average molecular weight is 504 g/mol. The summed E-state index contributed by atoms with van der Waals surface area (Å²) < 4.78 is 33.6. The van der Waals surface area contributed by atoms with Gasteiger partial charge in [-0.15, -0.1) is 0 Å². The highest BCUT2D eigenvalue weighted by Gasteiger charge is 2.44. The zero-order valence-electron chi connectivity index (χ0n) is 19.6. The van der Waals surface area contributed by atoms with Gasteiger partial charge in [-0.1, -0.05) is 6.07 Å². The van der Waals surface area contributed by atoms with Gasteiger partial charge in [-0.2, -0.15) is 0 Å². The Bertz CT molecular complexity index is 1040. The molecular weight excluding hydrogens is 472 g/mol. The van der Waals surface area contributed by atoms with Crippen molar-refractivity contribution in [3.05, 3.63) is 42.0 Å². The van der Waals surface area contributed by atoms with Crippen LogP contribution < -0.4 is 19.8 Å². The highest BCUT2D eigenvalue weighted by Crippen LogP contribution is 2.54. The number of pyridine rings is 1. The van der Waals surface area contributed by atoms with Crippen molar-refractivity contribution < 1.29 is 18.3 Å². The Kier molecular flexibility index (Phi) is 7.29. The summed E-state index contributed by atoms with van der Waals surface area (Å²) in [6.45, 7) is 4.63. The van der Waals surface area contributed by atoms with Gasteiger partial charge in [-0.3, -0.25) is 4.79 Å². The highest BCUT2D eigenvalue weighted by atomic mass is 32.2. The Balaban J connectivity index is 1.34. The Hall–Kier alpha value is -2.59. The fourth-order valence-electron chi connectivity index (χ4n) is 4.78. The highest BCUT2D eigenvalue weighted by molar-refractivity contribution is 8.00. The normalized spacial score (nSPS) is 19.2. The molecule has 3 heterocycles. The van der Waals surface area contributed by atoms with E-state index in [2.05, 4.69) is 24.8 Å². The summed E-state index contributed by atoms with van der Waals surface area (Å²) >= 11 is 0.969. The molecule has 0 atom stereocenters. The van der Waals surface area contributed by atoms with Crippen LogP contribution in [0.5, 0.6) is 0 Å². The van der Waals surface area contributed by atoms with Gasteiger partial charge in [0, 0.05) is 31.9 Å². The maximum absolute atomic E-state index is 13.4. The van der Waals surface area contributed by atoms with E-state index in [-0.39, 0.29) is 11.7 Å². The van der Waals surface area contributed by atoms with Crippen LogP contribution in [0.25, 0.3) is 0 Å². The molecule has 0 unspecified atom stereocenters. The first-order valence-corrected chi connectivity index (χ1v) is 13.2. The number of amides is 1. The minimum Gasteiger partial charge on any atom is -0.378 e. The Morgan fingerprint density at radius 2 is 1.83 bits per heavy atom. The van der Waals surface area contributed by atoms with E-state index in [1.165, 1.54) is 12.8 Å². The van der Waals surface area contributed by atoms with E-state index >= 15 is 0 Å². The number of carbonyl (C=O) groups is 1. The number of hydrogen-bond donors (Lipinski definition) is 2. The van der Waals surface area contributed by atoms with Crippen molar-refractivity contribution in [1.82, 2.24) is 4.98 Å². The molecule has 2 saturated heterocycles. The number of carbonyl (C=O) groups excluding carboxylic acids is 1. The number of rotatable bonds is 8. The quantitative estimate of drug-likeness (QED) is 0.498. The largest absolute Gasteiger partial charge is 0.378 e. The van der Waals surface area contributed by atoms with E-state index < -0.39 is 6.43 Å². The number of benzene rings is 1. The number of morpholine rings is 1. The second kappa shape index (κ2) is 10.6. The third kappa shape index (κ3) is 5.98. The van der Waals surface area contributed by atoms with Gasteiger partial charge in [-0.25, -0.2) is 13.8 Å². The monoisotopic (exact) mass is 503 g/mol. The molecule has 1 spiro atoms. The van der Waals surface area contributed by atoms with Gasteiger partial charge in [0.25, 0.3) is 5.91 Å². The molecule has 0 bridgehead atoms. The third-order valence-electron chi connectivity index (χ3n) is 7.07. The first kappa shape index (κ1) is 24.1. The van der Waals surface area contributed by atoms with Gasteiger partial charge in [0.1, 0.15) is 11.6 Å². The van der Waals surface area contributed by atoms with Gasteiger partial charge in [0.05, 0.1) is 30.2 Å². The van der Waals surface area contributed by atoms with Crippen molar-refractivity contribution in [3.8, 4) is 0 Å². The van der Waals surface area contributed by atoms with E-state index in [0.29, 0.717) is 35.7 Å². The fraction of sp³-hybridized carbons (Fsp3) is 0.520. The SMILES string of the molecule is O=C(Nc1cccc(N2CCOCC2)n1)c1ccc(NSCC(F)F)cc1N1CCC2(CC1)CC2. The van der Waals surface area contributed by atoms with Crippen LogP contribution >= 0.6 is 11.9 Å². The fourth-order valence-corrected chi connectivity index (χ4v) is 5.28. The van der Waals surface area contributed by atoms with Crippen LogP contribution in [0.3, 0.4) is 0 Å². The number of hydrogen-bond acceptors (Lipinski definition) is 7. The number of anilines is 4. The minimum absolute atomic E-state index is 0.231. The number of halogens is 2. The Labute approximate surface area is 208 Å². The van der Waals surface area contributed by atoms with Crippen LogP contribution in [-0.4, -0.2) is 62.5 Å². The second-order valence-electron chi connectivity index (χ2n) is 9.46. The molecule has 3 aliphatic rings. The van der Waals surface area contributed by atoms with E-state index in [1.807, 2.05) is 18.2 Å². The molecule has 188 valence electrons. The van der Waals surface area contributed by atoms with E-state index in [1.54, 1.807) is 18.2 Å². The Morgan fingerprint density at radius 3 is 2.54 bits per heavy atom. The summed E-state index contributed by atoms with van der Waals surface area (Å²) in [4.78, 5) is 22.4. The third-order valence-corrected chi connectivity index (χ3v) is 7.87. The molecule has 1 aliphatic carbocycles. The smallest absolute Gasteiger partial charge is 0.258 e. The van der Waals surface area contributed by atoms with Gasteiger partial charge in [-0.05, 0) is 73.4 Å². The lowest BCUT2D eigenvalue weighted by molar-refractivity contribution is 0.102. The molecule has 2 N–H and O–H groups in total. The predicted octanol–water partition coefficient (Wildman–Crippen LogP) is 4.88. The number of ether oxygens (including phenoxy) is 1. The van der Waals surface area contributed by atoms with Crippen LogP contribution in [0, 0.1) is 5.41 Å². The lowest BCUT2D eigenvalue weighted by Crippen LogP contribution is -2.37. The summed E-state index contributed by atoms with van der Waals surface area (Å²) in [5.41, 5.74) is 2.59. The molecule has 5 rings (SSSR count). The van der Waals surface area contributed by atoms with Crippen molar-refractivity contribution in [2.45, 2.75) is 32.1 Å². The maximum atomic E-state index is 13.4. The second-order valence-corrected chi connectivity index (χ2v) is 10.3. The summed E-state index contributed by atoms with van der Waals surface area (Å²) in [7, 11) is 0. The molecule has 10 heteroatoms. The first-order chi connectivity index (χ1) is 17.0. The van der Waals surface area contributed by atoms with Crippen molar-refractivity contribution in [2.75, 3.05) is 65.0 Å². The summed E-state index contributed by atoms with van der Waals surface area (Å²) in [6.07, 6.45) is 2.45. The van der Waals surface area contributed by atoms with Crippen molar-refractivity contribution in [2.24, 2.45) is 5.41 Å². The summed E-state index contributed by atoms with van der Waals surface area (Å²) in [5.74, 6) is 0.780. The number of alkyl halides is 2. The molecule has 1 aromatic carbocycles. The lowest BCUT2D eigenvalue weighted by Gasteiger charge is -2.35. The maximum Gasteiger partial charge on any atom is 0.258 e. The van der Waals surface area contributed by atoms with E-state index in [0.717, 1.165) is 62.5 Å². The van der Waals surface area contributed by atoms with Crippen LogP contribution in [-0.2, 0) is 4.74 Å². The topological polar surface area (TPSA) is 69.7 Å². The van der Waals surface area contributed by atoms with Crippen molar-refractivity contribution in [3.63, 3.8) is 0 Å². The Morgan fingerprint density at radius 1 is 1.06 bits per heavy atom. The zero-order valence-corrected chi connectivity index (χ0v) is 20.5. The minimum atomic E-state index is -2.38. The van der Waals surface area contributed by atoms with Crippen LogP contribution in [0.1, 0.15) is 36.0 Å². The van der Waals surface area contributed by atoms with E-state index in [9.17, 15) is 13.6 Å². The number of aromatic nitrogens is 1. The van der Waals surface area contributed by atoms with Gasteiger partial charge < -0.3 is 24.6 Å². The molecule has 2 aliphatic heterocycles. The number of nitrogens with one attached hydrogen (secondary N) is 2. The van der Waals surface area contributed by atoms with E-state index in [4.69, 9.17) is 4.74 Å². The van der Waals surface area contributed by atoms with Crippen LogP contribution in [0.15, 0.2) is 36.4 Å². The number of nitrogens with zero attached hydrogens (tertiary/aromatic N) is 3. The predicted molar refractivity (Wildman–Crippen MR) is 137 cm³/mol. The molecule has 2 aromatic rings. The van der Waals surface area contributed by atoms with Gasteiger partial charge in [0.2, 0.25) is 6.43 Å². The standard InChI is InChI=1S/C25H31F2N5O2S/c26-21(27)17-35-30-18-4-5-19(20(16-18)31-10-8-25(6-7-25)9-11-31)24(33)29-22-2-1-3-23(28-22)32-12-14-34-15-13-32/h1-5,16,21,30H,6-15,17H2,(H,28,29,33). The van der Waals surface area contributed by atoms with Gasteiger partial charge in [0.15, 0.2) is 0 Å². The van der Waals surface area contributed by atoms with Crippen molar-refractivity contribution >= 4 is 40.9 Å². The molecule has 3 fully saturated rings. The van der Waals surface area contributed by atoms with Crippen LogP contribution in [0.2, 0.25) is 0 Å². The molecular formula is C25H31F2N5O2S. The lowest BCUT2D eigenvalue weighted by atomic mass is 9.93. The molecule has 0 radical (unpaired) electrons. The van der Waals surface area contributed by atoms with Crippen molar-refractivity contribution in [1.29, 1.82) is 0 Å². The molecule has 1 saturated carbocycles. The molecule has 35 heavy (non-hydrogen) atoms. The first-order valence-electron chi connectivity index (χ1n) is 12.2. The molecule has 1 aromatic heterocycles. The molecule has 7 nitrogen and oxygen atoms in total.